The number of ether oxygens (including phenoxy) is 1. The molecule has 0 aliphatic carbocycles. The molecule has 0 N–H and O–H groups in total. The van der Waals surface area contributed by atoms with Crippen LogP contribution in [0.2, 0.25) is 0 Å². The lowest BCUT2D eigenvalue weighted by atomic mass is 10.1. The summed E-state index contributed by atoms with van der Waals surface area (Å²) in [5.41, 5.74) is 3.30. The summed E-state index contributed by atoms with van der Waals surface area (Å²) in [6.07, 6.45) is 2.58. The molecule has 0 radical (unpaired) electrons. The fraction of sp³-hybridized carbons (Fsp3) is 0.148. The molecule has 1 aliphatic rings. The SMILES string of the molecule is CCCN1C(=O)/C(=C/c2nc3ccccc3c(=O)n2-c2ccc(OC)cc2)c2ccccc21. The Hall–Kier alpha value is -4.19. The van der Waals surface area contributed by atoms with E-state index in [0.29, 0.717) is 40.3 Å². The van der Waals surface area contributed by atoms with Crippen LogP contribution in [0.5, 0.6) is 5.75 Å². The zero-order valence-corrected chi connectivity index (χ0v) is 18.5. The van der Waals surface area contributed by atoms with Crippen molar-refractivity contribution in [1.29, 1.82) is 0 Å². The van der Waals surface area contributed by atoms with Crippen LogP contribution >= 0.6 is 0 Å². The van der Waals surface area contributed by atoms with Crippen LogP contribution in [0.25, 0.3) is 28.2 Å². The van der Waals surface area contributed by atoms with Crippen molar-refractivity contribution in [3.05, 3.63) is 94.5 Å². The van der Waals surface area contributed by atoms with Crippen molar-refractivity contribution in [1.82, 2.24) is 9.55 Å². The van der Waals surface area contributed by atoms with Gasteiger partial charge in [-0.25, -0.2) is 4.98 Å². The van der Waals surface area contributed by atoms with E-state index in [-0.39, 0.29) is 11.5 Å². The fourth-order valence-corrected chi connectivity index (χ4v) is 4.25. The van der Waals surface area contributed by atoms with E-state index in [1.807, 2.05) is 61.5 Å². The number of anilines is 1. The van der Waals surface area contributed by atoms with Gasteiger partial charge in [0.15, 0.2) is 0 Å². The van der Waals surface area contributed by atoms with Gasteiger partial charge in [0.1, 0.15) is 11.6 Å². The van der Waals surface area contributed by atoms with Crippen molar-refractivity contribution in [3.63, 3.8) is 0 Å². The molecule has 2 heterocycles. The van der Waals surface area contributed by atoms with Crippen molar-refractivity contribution in [3.8, 4) is 11.4 Å². The molecule has 1 aliphatic heterocycles. The van der Waals surface area contributed by atoms with Crippen LogP contribution in [0.15, 0.2) is 77.6 Å². The first-order valence-corrected chi connectivity index (χ1v) is 10.9. The van der Waals surface area contributed by atoms with Gasteiger partial charge >= 0.3 is 0 Å². The van der Waals surface area contributed by atoms with E-state index >= 15 is 0 Å². The summed E-state index contributed by atoms with van der Waals surface area (Å²) in [7, 11) is 1.60. The summed E-state index contributed by atoms with van der Waals surface area (Å²) < 4.78 is 6.81. The second-order valence-electron chi connectivity index (χ2n) is 7.86. The first-order chi connectivity index (χ1) is 16.1. The Morgan fingerprint density at radius 1 is 0.939 bits per heavy atom. The van der Waals surface area contributed by atoms with E-state index in [1.165, 1.54) is 0 Å². The minimum absolute atomic E-state index is 0.0817. The Morgan fingerprint density at radius 2 is 1.67 bits per heavy atom. The second-order valence-corrected chi connectivity index (χ2v) is 7.86. The summed E-state index contributed by atoms with van der Waals surface area (Å²) in [4.78, 5) is 33.5. The number of carbonyl (C=O) groups excluding carboxylic acids is 1. The van der Waals surface area contributed by atoms with Crippen LogP contribution in [0, 0.1) is 0 Å². The lowest BCUT2D eigenvalue weighted by Crippen LogP contribution is -2.27. The number of carbonyl (C=O) groups is 1. The zero-order chi connectivity index (χ0) is 22.9. The number of methoxy groups -OCH3 is 1. The largest absolute Gasteiger partial charge is 0.497 e. The molecule has 6 heteroatoms. The van der Waals surface area contributed by atoms with Crippen molar-refractivity contribution in [2.45, 2.75) is 13.3 Å². The summed E-state index contributed by atoms with van der Waals surface area (Å²) in [6.45, 7) is 2.67. The number of hydrogen-bond donors (Lipinski definition) is 0. The van der Waals surface area contributed by atoms with Crippen LogP contribution in [0.3, 0.4) is 0 Å². The summed E-state index contributed by atoms with van der Waals surface area (Å²) in [6, 6.07) is 22.2. The van der Waals surface area contributed by atoms with Crippen molar-refractivity contribution in [2.75, 3.05) is 18.6 Å². The summed E-state index contributed by atoms with van der Waals surface area (Å²) in [5, 5.41) is 0.515. The molecule has 0 saturated heterocycles. The topological polar surface area (TPSA) is 64.4 Å². The number of aromatic nitrogens is 2. The van der Waals surface area contributed by atoms with Gasteiger partial charge in [0.2, 0.25) is 0 Å². The molecule has 4 aromatic rings. The molecule has 3 aromatic carbocycles. The third-order valence-electron chi connectivity index (χ3n) is 5.81. The Balaban J connectivity index is 1.77. The van der Waals surface area contributed by atoms with E-state index in [1.54, 1.807) is 40.9 Å². The van der Waals surface area contributed by atoms with Crippen LogP contribution in [0.1, 0.15) is 24.7 Å². The van der Waals surface area contributed by atoms with Gasteiger partial charge in [-0.05, 0) is 55.0 Å². The van der Waals surface area contributed by atoms with Crippen LogP contribution in [-0.4, -0.2) is 29.1 Å². The van der Waals surface area contributed by atoms with E-state index in [0.717, 1.165) is 17.7 Å². The minimum atomic E-state index is -0.193. The maximum Gasteiger partial charge on any atom is 0.266 e. The molecular weight excluding hydrogens is 414 g/mol. The van der Waals surface area contributed by atoms with Crippen molar-refractivity contribution in [2.24, 2.45) is 0 Å². The lowest BCUT2D eigenvalue weighted by Gasteiger charge is -2.15. The van der Waals surface area contributed by atoms with Gasteiger partial charge in [-0.15, -0.1) is 0 Å². The van der Waals surface area contributed by atoms with E-state index in [4.69, 9.17) is 9.72 Å². The molecule has 0 bridgehead atoms. The molecule has 164 valence electrons. The highest BCUT2D eigenvalue weighted by Gasteiger charge is 2.31. The van der Waals surface area contributed by atoms with Gasteiger partial charge in [-0.2, -0.15) is 0 Å². The average molecular weight is 437 g/mol. The van der Waals surface area contributed by atoms with Gasteiger partial charge in [-0.3, -0.25) is 14.2 Å². The standard InChI is InChI=1S/C27H23N3O3/c1-3-16-29-24-11-7-5-8-20(24)22(26(29)31)17-25-28-23-10-6-4-9-21(23)27(32)30(25)18-12-14-19(33-2)15-13-18/h4-15,17H,3,16H2,1-2H3/b22-17+. The third kappa shape index (κ3) is 3.49. The molecule has 6 nitrogen and oxygen atoms in total. The van der Waals surface area contributed by atoms with E-state index in [2.05, 4.69) is 0 Å². The number of rotatable bonds is 5. The van der Waals surface area contributed by atoms with Gasteiger partial charge in [0.25, 0.3) is 11.5 Å². The quantitative estimate of drug-likeness (QED) is 0.425. The first-order valence-electron chi connectivity index (χ1n) is 10.9. The molecule has 5 rings (SSSR count). The molecule has 0 spiro atoms. The van der Waals surface area contributed by atoms with Crippen LogP contribution in [-0.2, 0) is 4.79 Å². The Labute approximate surface area is 191 Å². The Bertz CT molecular complexity index is 1450. The van der Waals surface area contributed by atoms with Crippen LogP contribution in [0.4, 0.5) is 5.69 Å². The first kappa shape index (κ1) is 20.7. The van der Waals surface area contributed by atoms with Gasteiger partial charge in [0, 0.05) is 12.1 Å². The molecule has 33 heavy (non-hydrogen) atoms. The zero-order valence-electron chi connectivity index (χ0n) is 18.5. The van der Waals surface area contributed by atoms with Gasteiger partial charge < -0.3 is 9.64 Å². The predicted molar refractivity (Wildman–Crippen MR) is 131 cm³/mol. The number of benzene rings is 3. The number of para-hydroxylation sites is 2. The molecule has 0 fully saturated rings. The van der Waals surface area contributed by atoms with E-state index in [9.17, 15) is 9.59 Å². The number of nitrogens with zero attached hydrogens (tertiary/aromatic N) is 3. The van der Waals surface area contributed by atoms with Crippen LogP contribution < -0.4 is 15.2 Å². The second kappa shape index (κ2) is 8.39. The predicted octanol–water partition coefficient (Wildman–Crippen LogP) is 4.69. The fourth-order valence-electron chi connectivity index (χ4n) is 4.25. The summed E-state index contributed by atoms with van der Waals surface area (Å²) >= 11 is 0. The molecule has 1 aromatic heterocycles. The highest BCUT2D eigenvalue weighted by molar-refractivity contribution is 6.35. The lowest BCUT2D eigenvalue weighted by molar-refractivity contribution is -0.113. The highest BCUT2D eigenvalue weighted by atomic mass is 16.5. The van der Waals surface area contributed by atoms with Gasteiger partial charge in [-0.1, -0.05) is 37.3 Å². The monoisotopic (exact) mass is 437 g/mol. The third-order valence-corrected chi connectivity index (χ3v) is 5.81. The normalized spacial score (nSPS) is 14.2. The number of amides is 1. The molecule has 0 saturated carbocycles. The molecular formula is C27H23N3O3. The van der Waals surface area contributed by atoms with E-state index < -0.39 is 0 Å². The Morgan fingerprint density at radius 3 is 2.42 bits per heavy atom. The molecule has 1 amide bonds. The summed E-state index contributed by atoms with van der Waals surface area (Å²) in [5.74, 6) is 1.01. The average Bonchev–Trinajstić information content (AvgIpc) is 3.11. The van der Waals surface area contributed by atoms with Crippen molar-refractivity contribution >= 4 is 34.1 Å². The number of hydrogen-bond acceptors (Lipinski definition) is 4. The minimum Gasteiger partial charge on any atom is -0.497 e. The smallest absolute Gasteiger partial charge is 0.266 e. The maximum atomic E-state index is 13.5. The number of fused-ring (bicyclic) bond motifs is 2. The molecule has 0 unspecified atom stereocenters. The molecule has 0 atom stereocenters. The van der Waals surface area contributed by atoms with Gasteiger partial charge in [0.05, 0.1) is 35.0 Å². The Kier molecular flexibility index (Phi) is 5.26. The maximum absolute atomic E-state index is 13.5. The highest BCUT2D eigenvalue weighted by Crippen LogP contribution is 2.37. The van der Waals surface area contributed by atoms with Crippen molar-refractivity contribution < 1.29 is 9.53 Å².